The lowest BCUT2D eigenvalue weighted by Gasteiger charge is -2.37. The van der Waals surface area contributed by atoms with Gasteiger partial charge >= 0.3 is 5.97 Å². The standard InChI is InChI=1S/C22H23NO7/c1-25-16-4-10(5-17(26-2)21(16)27-3)18-11-6-14-15(30-9-29-14)7-12(11)20(23)13-8-28-22(24)19(13)18/h4-7,13,18-20H,8-9,23H2,1-3H3/t13-,18+,19-,20-/m0/s1. The topological polar surface area (TPSA) is 98.5 Å². The van der Waals surface area contributed by atoms with E-state index in [9.17, 15) is 4.79 Å². The maximum atomic E-state index is 12.8. The van der Waals surface area contributed by atoms with Crippen molar-refractivity contribution in [3.63, 3.8) is 0 Å². The highest BCUT2D eigenvalue weighted by Gasteiger charge is 2.51. The molecule has 2 aromatic carbocycles. The number of fused-ring (bicyclic) bond motifs is 3. The Morgan fingerprint density at radius 3 is 2.13 bits per heavy atom. The van der Waals surface area contributed by atoms with Crippen LogP contribution in [0.4, 0.5) is 0 Å². The number of methoxy groups -OCH3 is 3. The summed E-state index contributed by atoms with van der Waals surface area (Å²) < 4.78 is 33.1. The Bertz CT molecular complexity index is 996. The number of hydrogen-bond donors (Lipinski definition) is 1. The average Bonchev–Trinajstić information content (AvgIpc) is 3.38. The smallest absolute Gasteiger partial charge is 0.310 e. The molecule has 8 heteroatoms. The Kier molecular flexibility index (Phi) is 4.39. The van der Waals surface area contributed by atoms with Crippen molar-refractivity contribution in [1.82, 2.24) is 0 Å². The number of hydrogen-bond acceptors (Lipinski definition) is 8. The molecule has 1 aliphatic carbocycles. The minimum absolute atomic E-state index is 0.144. The highest BCUT2D eigenvalue weighted by molar-refractivity contribution is 5.79. The first-order valence-electron chi connectivity index (χ1n) is 9.73. The Morgan fingerprint density at radius 1 is 0.900 bits per heavy atom. The molecule has 0 amide bonds. The molecular formula is C22H23NO7. The highest BCUT2D eigenvalue weighted by atomic mass is 16.7. The first-order valence-corrected chi connectivity index (χ1v) is 9.73. The van der Waals surface area contributed by atoms with E-state index in [0.717, 1.165) is 16.7 Å². The van der Waals surface area contributed by atoms with Gasteiger partial charge in [0.15, 0.2) is 23.0 Å². The molecule has 8 nitrogen and oxygen atoms in total. The van der Waals surface area contributed by atoms with E-state index in [1.807, 2.05) is 24.3 Å². The van der Waals surface area contributed by atoms with Gasteiger partial charge in [-0.25, -0.2) is 0 Å². The normalized spacial score (nSPS) is 25.9. The average molecular weight is 413 g/mol. The second-order valence-electron chi connectivity index (χ2n) is 7.62. The molecule has 0 aromatic heterocycles. The van der Waals surface area contributed by atoms with E-state index in [0.29, 0.717) is 35.4 Å². The lowest BCUT2D eigenvalue weighted by Crippen LogP contribution is -2.38. The molecule has 5 rings (SSSR count). The number of carbonyl (C=O) groups is 1. The Balaban J connectivity index is 1.74. The van der Waals surface area contributed by atoms with Crippen molar-refractivity contribution in [2.75, 3.05) is 34.7 Å². The van der Waals surface area contributed by atoms with E-state index in [1.165, 1.54) is 0 Å². The van der Waals surface area contributed by atoms with Gasteiger partial charge in [-0.3, -0.25) is 4.79 Å². The number of nitrogens with two attached hydrogens (primary N) is 1. The quantitative estimate of drug-likeness (QED) is 0.763. The van der Waals surface area contributed by atoms with Crippen LogP contribution < -0.4 is 29.4 Å². The van der Waals surface area contributed by atoms with Crippen molar-refractivity contribution in [3.8, 4) is 28.7 Å². The summed E-state index contributed by atoms with van der Waals surface area (Å²) in [5.74, 6) is 1.72. The number of carbonyl (C=O) groups excluding carboxylic acids is 1. The van der Waals surface area contributed by atoms with Crippen LogP contribution in [0.5, 0.6) is 28.7 Å². The third kappa shape index (κ3) is 2.60. The maximum Gasteiger partial charge on any atom is 0.310 e. The molecule has 30 heavy (non-hydrogen) atoms. The minimum Gasteiger partial charge on any atom is -0.493 e. The van der Waals surface area contributed by atoms with Gasteiger partial charge < -0.3 is 34.2 Å². The first-order chi connectivity index (χ1) is 14.6. The van der Waals surface area contributed by atoms with Crippen molar-refractivity contribution in [3.05, 3.63) is 41.0 Å². The third-order valence-electron chi connectivity index (χ3n) is 6.29. The zero-order valence-electron chi connectivity index (χ0n) is 17.0. The van der Waals surface area contributed by atoms with Crippen LogP contribution in [-0.2, 0) is 9.53 Å². The van der Waals surface area contributed by atoms with Gasteiger partial charge in [0.05, 0.1) is 33.9 Å². The summed E-state index contributed by atoms with van der Waals surface area (Å²) in [6.07, 6.45) is 0. The number of ether oxygens (including phenoxy) is 6. The van der Waals surface area contributed by atoms with Gasteiger partial charge in [0, 0.05) is 17.9 Å². The van der Waals surface area contributed by atoms with Crippen LogP contribution >= 0.6 is 0 Å². The molecule has 2 aliphatic heterocycles. The summed E-state index contributed by atoms with van der Waals surface area (Å²) in [7, 11) is 4.69. The van der Waals surface area contributed by atoms with Crippen molar-refractivity contribution in [1.29, 1.82) is 0 Å². The van der Waals surface area contributed by atoms with Gasteiger partial charge in [-0.2, -0.15) is 0 Å². The molecule has 0 unspecified atom stereocenters. The van der Waals surface area contributed by atoms with Gasteiger partial charge in [-0.15, -0.1) is 0 Å². The maximum absolute atomic E-state index is 12.8. The molecule has 2 N–H and O–H groups in total. The van der Waals surface area contributed by atoms with Gasteiger partial charge in [0.2, 0.25) is 12.5 Å². The van der Waals surface area contributed by atoms with Gasteiger partial charge in [0.25, 0.3) is 0 Å². The summed E-state index contributed by atoms with van der Waals surface area (Å²) in [4.78, 5) is 12.8. The fourth-order valence-corrected chi connectivity index (χ4v) is 4.89. The molecule has 3 aliphatic rings. The van der Waals surface area contributed by atoms with E-state index in [-0.39, 0.29) is 30.6 Å². The Hall–Kier alpha value is -3.13. The molecule has 0 spiro atoms. The lowest BCUT2D eigenvalue weighted by atomic mass is 9.65. The number of cyclic esters (lactones) is 1. The largest absolute Gasteiger partial charge is 0.493 e. The summed E-state index contributed by atoms with van der Waals surface area (Å²) in [6, 6.07) is 7.25. The van der Waals surface area contributed by atoms with Crippen molar-refractivity contribution in [2.24, 2.45) is 17.6 Å². The molecule has 0 bridgehead atoms. The van der Waals surface area contributed by atoms with Gasteiger partial charge in [-0.1, -0.05) is 0 Å². The van der Waals surface area contributed by atoms with Gasteiger partial charge in [0.1, 0.15) is 0 Å². The molecule has 158 valence electrons. The van der Waals surface area contributed by atoms with Gasteiger partial charge in [-0.05, 0) is 41.0 Å². The van der Waals surface area contributed by atoms with Crippen LogP contribution in [0, 0.1) is 11.8 Å². The van der Waals surface area contributed by atoms with E-state index in [4.69, 9.17) is 34.2 Å². The minimum atomic E-state index is -0.421. The van der Waals surface area contributed by atoms with E-state index in [2.05, 4.69) is 0 Å². The predicted molar refractivity (Wildman–Crippen MR) is 105 cm³/mol. The summed E-state index contributed by atoms with van der Waals surface area (Å²) in [5, 5.41) is 0. The lowest BCUT2D eigenvalue weighted by molar-refractivity contribution is -0.141. The second kappa shape index (κ2) is 6.98. The van der Waals surface area contributed by atoms with E-state index in [1.54, 1.807) is 21.3 Å². The predicted octanol–water partition coefficient (Wildman–Crippen LogP) is 2.38. The Labute approximate surface area is 173 Å². The molecule has 0 radical (unpaired) electrons. The SMILES string of the molecule is COc1cc([C@@H]2c3cc4c(cc3[C@H](N)[C@H]3COC(=O)[C@H]23)OCO4)cc(OC)c1OC. The number of rotatable bonds is 4. The summed E-state index contributed by atoms with van der Waals surface area (Å²) >= 11 is 0. The zero-order valence-corrected chi connectivity index (χ0v) is 17.0. The molecule has 2 aromatic rings. The van der Waals surface area contributed by atoms with Crippen LogP contribution in [-0.4, -0.2) is 40.7 Å². The van der Waals surface area contributed by atoms with Crippen LogP contribution in [0.1, 0.15) is 28.7 Å². The van der Waals surface area contributed by atoms with Crippen LogP contribution in [0.2, 0.25) is 0 Å². The van der Waals surface area contributed by atoms with Crippen molar-refractivity contribution in [2.45, 2.75) is 12.0 Å². The molecule has 2 heterocycles. The van der Waals surface area contributed by atoms with Crippen molar-refractivity contribution < 1.29 is 33.2 Å². The summed E-state index contributed by atoms with van der Waals surface area (Å²) in [5.41, 5.74) is 9.29. The first kappa shape index (κ1) is 18.9. The molecule has 4 atom stereocenters. The highest BCUT2D eigenvalue weighted by Crippen LogP contribution is 2.54. The van der Waals surface area contributed by atoms with Crippen molar-refractivity contribution >= 4 is 5.97 Å². The second-order valence-corrected chi connectivity index (χ2v) is 7.62. The fraction of sp³-hybridized carbons (Fsp3) is 0.409. The zero-order chi connectivity index (χ0) is 21.0. The number of benzene rings is 2. The Morgan fingerprint density at radius 2 is 1.53 bits per heavy atom. The monoisotopic (exact) mass is 413 g/mol. The summed E-state index contributed by atoms with van der Waals surface area (Å²) in [6.45, 7) is 0.455. The fourth-order valence-electron chi connectivity index (χ4n) is 4.89. The molecular weight excluding hydrogens is 390 g/mol. The molecule has 0 saturated carbocycles. The molecule has 1 fully saturated rings. The molecule has 1 saturated heterocycles. The number of esters is 1. The van der Waals surface area contributed by atoms with Crippen LogP contribution in [0.3, 0.4) is 0 Å². The van der Waals surface area contributed by atoms with E-state index >= 15 is 0 Å². The van der Waals surface area contributed by atoms with E-state index < -0.39 is 5.92 Å². The van der Waals surface area contributed by atoms with Crippen LogP contribution in [0.25, 0.3) is 0 Å². The van der Waals surface area contributed by atoms with Crippen LogP contribution in [0.15, 0.2) is 24.3 Å². The third-order valence-corrected chi connectivity index (χ3v) is 6.29.